The van der Waals surface area contributed by atoms with Crippen molar-refractivity contribution in [2.75, 3.05) is 11.9 Å². The molecule has 0 spiro atoms. The van der Waals surface area contributed by atoms with Crippen LogP contribution in [-0.4, -0.2) is 18.5 Å². The summed E-state index contributed by atoms with van der Waals surface area (Å²) in [4.78, 5) is 26.4. The van der Waals surface area contributed by atoms with E-state index in [2.05, 4.69) is 5.32 Å². The molecule has 0 heterocycles. The Morgan fingerprint density at radius 3 is 2.17 bits per heavy atom. The molecule has 0 aromatic heterocycles. The van der Waals surface area contributed by atoms with Crippen LogP contribution in [0, 0.1) is 0 Å². The minimum absolute atomic E-state index is 0.266. The first-order chi connectivity index (χ1) is 17.1. The molecule has 4 rings (SSSR count). The van der Waals surface area contributed by atoms with E-state index in [-0.39, 0.29) is 5.56 Å². The molecule has 0 bridgehead atoms. The summed E-state index contributed by atoms with van der Waals surface area (Å²) in [6, 6.07) is 31.9. The molecule has 0 aliphatic carbocycles. The summed E-state index contributed by atoms with van der Waals surface area (Å²) in [5.74, 6) is 0.524. The summed E-state index contributed by atoms with van der Waals surface area (Å²) < 4.78 is 17.1. The van der Waals surface area contributed by atoms with Crippen molar-refractivity contribution in [2.24, 2.45) is 0 Å². The molecule has 0 radical (unpaired) electrons. The molecule has 4 aromatic carbocycles. The lowest BCUT2D eigenvalue weighted by atomic mass is 10.1. The molecule has 35 heavy (non-hydrogen) atoms. The SMILES string of the molecule is CCOc1ccccc1NC(=O)[C@@H](OC(=O)c1cccc(Oc2ccccc2)c1)c1ccccc1. The van der Waals surface area contributed by atoms with Gasteiger partial charge in [-0.25, -0.2) is 4.79 Å². The fourth-order valence-electron chi connectivity index (χ4n) is 3.44. The zero-order valence-corrected chi connectivity index (χ0v) is 19.2. The number of esters is 1. The predicted octanol–water partition coefficient (Wildman–Crippen LogP) is 6.41. The second-order valence-electron chi connectivity index (χ2n) is 7.56. The molecule has 6 heteroatoms. The molecule has 0 aliphatic heterocycles. The van der Waals surface area contributed by atoms with Crippen LogP contribution < -0.4 is 14.8 Å². The Morgan fingerprint density at radius 2 is 1.43 bits per heavy atom. The lowest BCUT2D eigenvalue weighted by molar-refractivity contribution is -0.125. The fourth-order valence-corrected chi connectivity index (χ4v) is 3.44. The van der Waals surface area contributed by atoms with E-state index >= 15 is 0 Å². The Labute approximate surface area is 204 Å². The molecular formula is C29H25NO5. The maximum Gasteiger partial charge on any atom is 0.339 e. The van der Waals surface area contributed by atoms with Gasteiger partial charge in [0.2, 0.25) is 6.10 Å². The third-order valence-electron chi connectivity index (χ3n) is 5.06. The molecule has 0 saturated heterocycles. The summed E-state index contributed by atoms with van der Waals surface area (Å²) in [5, 5.41) is 2.83. The van der Waals surface area contributed by atoms with Gasteiger partial charge in [0.25, 0.3) is 5.91 Å². The van der Waals surface area contributed by atoms with Crippen molar-refractivity contribution in [3.63, 3.8) is 0 Å². The monoisotopic (exact) mass is 467 g/mol. The number of para-hydroxylation sites is 3. The average Bonchev–Trinajstić information content (AvgIpc) is 2.89. The quantitative estimate of drug-likeness (QED) is 0.288. The van der Waals surface area contributed by atoms with Gasteiger partial charge in [-0.1, -0.05) is 66.7 Å². The summed E-state index contributed by atoms with van der Waals surface area (Å²) in [5.41, 5.74) is 1.31. The Bertz CT molecular complexity index is 1270. The number of amides is 1. The first-order valence-electron chi connectivity index (χ1n) is 11.3. The van der Waals surface area contributed by atoms with Gasteiger partial charge in [-0.15, -0.1) is 0 Å². The van der Waals surface area contributed by atoms with Gasteiger partial charge < -0.3 is 19.5 Å². The van der Waals surface area contributed by atoms with Crippen molar-refractivity contribution in [3.05, 3.63) is 120 Å². The zero-order valence-electron chi connectivity index (χ0n) is 19.2. The Morgan fingerprint density at radius 1 is 0.771 bits per heavy atom. The first-order valence-corrected chi connectivity index (χ1v) is 11.3. The Balaban J connectivity index is 1.55. The van der Waals surface area contributed by atoms with Gasteiger partial charge in [-0.3, -0.25) is 4.79 Å². The molecular weight excluding hydrogens is 442 g/mol. The topological polar surface area (TPSA) is 73.9 Å². The van der Waals surface area contributed by atoms with Crippen LogP contribution in [0.15, 0.2) is 109 Å². The molecule has 1 N–H and O–H groups in total. The molecule has 0 saturated carbocycles. The van der Waals surface area contributed by atoms with Crippen LogP contribution in [0.3, 0.4) is 0 Å². The van der Waals surface area contributed by atoms with Crippen LogP contribution in [-0.2, 0) is 9.53 Å². The summed E-state index contributed by atoms with van der Waals surface area (Å²) >= 11 is 0. The molecule has 6 nitrogen and oxygen atoms in total. The number of hydrogen-bond acceptors (Lipinski definition) is 5. The van der Waals surface area contributed by atoms with Gasteiger partial charge in [0.1, 0.15) is 17.2 Å². The molecule has 4 aromatic rings. The van der Waals surface area contributed by atoms with E-state index in [0.717, 1.165) is 0 Å². The third-order valence-corrected chi connectivity index (χ3v) is 5.06. The Hall–Kier alpha value is -4.58. The van der Waals surface area contributed by atoms with Gasteiger partial charge >= 0.3 is 5.97 Å². The lowest BCUT2D eigenvalue weighted by Crippen LogP contribution is -2.26. The number of carbonyl (C=O) groups excluding carboxylic acids is 2. The van der Waals surface area contributed by atoms with Gasteiger partial charge in [-0.2, -0.15) is 0 Å². The van der Waals surface area contributed by atoms with Crippen LogP contribution >= 0.6 is 0 Å². The molecule has 0 fully saturated rings. The largest absolute Gasteiger partial charge is 0.492 e. The van der Waals surface area contributed by atoms with E-state index in [9.17, 15) is 9.59 Å². The third kappa shape index (κ3) is 6.26. The number of carbonyl (C=O) groups is 2. The van der Waals surface area contributed by atoms with E-state index in [4.69, 9.17) is 14.2 Å². The number of benzene rings is 4. The number of ether oxygens (including phenoxy) is 3. The van der Waals surface area contributed by atoms with E-state index in [1.165, 1.54) is 0 Å². The van der Waals surface area contributed by atoms with Gasteiger partial charge in [0.05, 0.1) is 17.9 Å². The second kappa shape index (κ2) is 11.5. The molecule has 176 valence electrons. The fraction of sp³-hybridized carbons (Fsp3) is 0.103. The highest BCUT2D eigenvalue weighted by Crippen LogP contribution is 2.28. The normalized spacial score (nSPS) is 11.2. The highest BCUT2D eigenvalue weighted by Gasteiger charge is 2.26. The maximum absolute atomic E-state index is 13.3. The second-order valence-corrected chi connectivity index (χ2v) is 7.56. The van der Waals surface area contributed by atoms with E-state index < -0.39 is 18.0 Å². The van der Waals surface area contributed by atoms with E-state index in [0.29, 0.717) is 35.1 Å². The number of hydrogen-bond donors (Lipinski definition) is 1. The molecule has 0 aliphatic rings. The van der Waals surface area contributed by atoms with Crippen LogP contribution in [0.25, 0.3) is 0 Å². The van der Waals surface area contributed by atoms with Crippen LogP contribution in [0.1, 0.15) is 28.9 Å². The van der Waals surface area contributed by atoms with Crippen molar-refractivity contribution in [1.29, 1.82) is 0 Å². The zero-order chi connectivity index (χ0) is 24.5. The minimum Gasteiger partial charge on any atom is -0.492 e. The van der Waals surface area contributed by atoms with Gasteiger partial charge in [0, 0.05) is 5.56 Å². The van der Waals surface area contributed by atoms with Crippen LogP contribution in [0.2, 0.25) is 0 Å². The number of rotatable bonds is 9. The Kier molecular flexibility index (Phi) is 7.76. The molecule has 1 atom stereocenters. The van der Waals surface area contributed by atoms with E-state index in [1.807, 2.05) is 49.4 Å². The number of anilines is 1. The molecule has 0 unspecified atom stereocenters. The summed E-state index contributed by atoms with van der Waals surface area (Å²) in [6.45, 7) is 2.31. The predicted molar refractivity (Wildman–Crippen MR) is 134 cm³/mol. The summed E-state index contributed by atoms with van der Waals surface area (Å²) in [6.07, 6.45) is -1.17. The summed E-state index contributed by atoms with van der Waals surface area (Å²) in [7, 11) is 0. The van der Waals surface area contributed by atoms with Crippen LogP contribution in [0.4, 0.5) is 5.69 Å². The van der Waals surface area contributed by atoms with Crippen molar-refractivity contribution in [2.45, 2.75) is 13.0 Å². The van der Waals surface area contributed by atoms with Crippen molar-refractivity contribution in [1.82, 2.24) is 0 Å². The van der Waals surface area contributed by atoms with E-state index in [1.54, 1.807) is 66.7 Å². The molecule has 1 amide bonds. The van der Waals surface area contributed by atoms with Crippen LogP contribution in [0.5, 0.6) is 17.2 Å². The highest BCUT2D eigenvalue weighted by atomic mass is 16.5. The smallest absolute Gasteiger partial charge is 0.339 e. The first kappa shape index (κ1) is 23.6. The van der Waals surface area contributed by atoms with Gasteiger partial charge in [-0.05, 0) is 49.4 Å². The average molecular weight is 468 g/mol. The highest BCUT2D eigenvalue weighted by molar-refractivity contribution is 5.99. The van der Waals surface area contributed by atoms with Crippen molar-refractivity contribution < 1.29 is 23.8 Å². The minimum atomic E-state index is -1.17. The van der Waals surface area contributed by atoms with Crippen molar-refractivity contribution in [3.8, 4) is 17.2 Å². The van der Waals surface area contributed by atoms with Gasteiger partial charge in [0.15, 0.2) is 0 Å². The maximum atomic E-state index is 13.3. The lowest BCUT2D eigenvalue weighted by Gasteiger charge is -2.19. The standard InChI is InChI=1S/C29H25NO5/c1-2-33-26-19-10-9-18-25(26)30-28(31)27(21-12-5-3-6-13-21)35-29(32)22-14-11-17-24(20-22)34-23-15-7-4-8-16-23/h3-20,27H,2H2,1H3,(H,30,31)/t27-/m0/s1. The number of nitrogens with one attached hydrogen (secondary N) is 1. The van der Waals surface area contributed by atoms with Crippen molar-refractivity contribution >= 4 is 17.6 Å².